The molecule has 4 aromatic rings. The number of carbonyl (C=O) groups is 1. The summed E-state index contributed by atoms with van der Waals surface area (Å²) < 4.78 is 10.7. The van der Waals surface area contributed by atoms with E-state index >= 15 is 0 Å². The van der Waals surface area contributed by atoms with E-state index in [1.54, 1.807) is 12.1 Å². The summed E-state index contributed by atoms with van der Waals surface area (Å²) >= 11 is 0. The standard InChI is InChI=1S/C19H15N3O3/c23-18(17-6-3-11-24-17)21-14-9-7-13(8-10-14)12-20-19-22-15-4-1-2-5-16(15)25-19/h1-11H,12H2,(H,20,22)(H,21,23). The summed E-state index contributed by atoms with van der Waals surface area (Å²) in [6, 6.07) is 18.9. The summed E-state index contributed by atoms with van der Waals surface area (Å²) in [6.45, 7) is 0.569. The quantitative estimate of drug-likeness (QED) is 0.569. The molecule has 25 heavy (non-hydrogen) atoms. The fourth-order valence-corrected chi connectivity index (χ4v) is 2.43. The molecule has 0 aliphatic rings. The number of benzene rings is 2. The highest BCUT2D eigenvalue weighted by Gasteiger charge is 2.08. The Hall–Kier alpha value is -3.54. The lowest BCUT2D eigenvalue weighted by atomic mass is 10.2. The van der Waals surface area contributed by atoms with Crippen molar-refractivity contribution >= 4 is 28.7 Å². The van der Waals surface area contributed by atoms with Crippen LogP contribution in [0.15, 0.2) is 75.8 Å². The van der Waals surface area contributed by atoms with Crippen molar-refractivity contribution in [3.63, 3.8) is 0 Å². The molecule has 0 fully saturated rings. The highest BCUT2D eigenvalue weighted by molar-refractivity contribution is 6.02. The van der Waals surface area contributed by atoms with Crippen molar-refractivity contribution in [2.75, 3.05) is 10.6 Å². The molecule has 0 aliphatic heterocycles. The zero-order valence-corrected chi connectivity index (χ0v) is 13.2. The lowest BCUT2D eigenvalue weighted by Crippen LogP contribution is -2.10. The van der Waals surface area contributed by atoms with Crippen LogP contribution in [0.2, 0.25) is 0 Å². The topological polar surface area (TPSA) is 80.3 Å². The molecule has 6 heteroatoms. The number of rotatable bonds is 5. The monoisotopic (exact) mass is 333 g/mol. The van der Waals surface area contributed by atoms with Gasteiger partial charge in [0.2, 0.25) is 0 Å². The molecule has 2 N–H and O–H groups in total. The first-order valence-corrected chi connectivity index (χ1v) is 7.81. The minimum atomic E-state index is -0.276. The smallest absolute Gasteiger partial charge is 0.295 e. The Balaban J connectivity index is 1.37. The van der Waals surface area contributed by atoms with Gasteiger partial charge in [0.25, 0.3) is 11.9 Å². The summed E-state index contributed by atoms with van der Waals surface area (Å²) in [5.74, 6) is 0.00375. The average Bonchev–Trinajstić information content (AvgIpc) is 3.30. The van der Waals surface area contributed by atoms with Crippen LogP contribution in [0.5, 0.6) is 0 Å². The molecule has 4 rings (SSSR count). The van der Waals surface area contributed by atoms with Gasteiger partial charge < -0.3 is 19.5 Å². The summed E-state index contributed by atoms with van der Waals surface area (Å²) in [6.07, 6.45) is 1.47. The Morgan fingerprint density at radius 1 is 1.00 bits per heavy atom. The molecule has 2 heterocycles. The van der Waals surface area contributed by atoms with E-state index in [-0.39, 0.29) is 11.7 Å². The number of aromatic nitrogens is 1. The van der Waals surface area contributed by atoms with E-state index in [1.165, 1.54) is 6.26 Å². The third-order valence-corrected chi connectivity index (χ3v) is 3.69. The SMILES string of the molecule is O=C(Nc1ccc(CNc2nc3ccccc3o2)cc1)c1ccco1. The van der Waals surface area contributed by atoms with E-state index in [4.69, 9.17) is 8.83 Å². The van der Waals surface area contributed by atoms with Gasteiger partial charge in [-0.3, -0.25) is 4.79 Å². The zero-order valence-electron chi connectivity index (χ0n) is 13.2. The van der Waals surface area contributed by atoms with Crippen LogP contribution in [0, 0.1) is 0 Å². The normalized spacial score (nSPS) is 10.7. The summed E-state index contributed by atoms with van der Waals surface area (Å²) in [5, 5.41) is 5.93. The maximum Gasteiger partial charge on any atom is 0.295 e. The van der Waals surface area contributed by atoms with Crippen molar-refractivity contribution in [3.05, 3.63) is 78.3 Å². The second kappa shape index (κ2) is 6.52. The van der Waals surface area contributed by atoms with Gasteiger partial charge in [0.15, 0.2) is 11.3 Å². The maximum absolute atomic E-state index is 11.9. The van der Waals surface area contributed by atoms with Gasteiger partial charge in [0.1, 0.15) is 5.52 Å². The van der Waals surface area contributed by atoms with Crippen LogP contribution in [0.3, 0.4) is 0 Å². The van der Waals surface area contributed by atoms with Crippen LogP contribution in [-0.2, 0) is 6.54 Å². The van der Waals surface area contributed by atoms with Gasteiger partial charge in [-0.25, -0.2) is 0 Å². The first-order valence-electron chi connectivity index (χ1n) is 7.81. The van der Waals surface area contributed by atoms with Crippen LogP contribution >= 0.6 is 0 Å². The number of hydrogen-bond acceptors (Lipinski definition) is 5. The molecule has 6 nitrogen and oxygen atoms in total. The van der Waals surface area contributed by atoms with Gasteiger partial charge >= 0.3 is 0 Å². The fraction of sp³-hybridized carbons (Fsp3) is 0.0526. The van der Waals surface area contributed by atoms with Crippen molar-refractivity contribution in [2.45, 2.75) is 6.54 Å². The number of furan rings is 1. The van der Waals surface area contributed by atoms with E-state index in [1.807, 2.05) is 48.5 Å². The second-order valence-corrected chi connectivity index (χ2v) is 5.47. The predicted octanol–water partition coefficient (Wildman–Crippen LogP) is 4.29. The number of amides is 1. The fourth-order valence-electron chi connectivity index (χ4n) is 2.43. The van der Waals surface area contributed by atoms with Crippen molar-refractivity contribution in [1.29, 1.82) is 0 Å². The zero-order chi connectivity index (χ0) is 17.1. The summed E-state index contributed by atoms with van der Waals surface area (Å²) in [5.41, 5.74) is 3.31. The number of hydrogen-bond donors (Lipinski definition) is 2. The number of carbonyl (C=O) groups excluding carboxylic acids is 1. The number of fused-ring (bicyclic) bond motifs is 1. The minimum absolute atomic E-state index is 0.276. The van der Waals surface area contributed by atoms with Crippen molar-refractivity contribution in [2.24, 2.45) is 0 Å². The minimum Gasteiger partial charge on any atom is -0.459 e. The molecular weight excluding hydrogens is 318 g/mol. The third kappa shape index (κ3) is 3.37. The molecular formula is C19H15N3O3. The van der Waals surface area contributed by atoms with E-state index in [9.17, 15) is 4.79 Å². The van der Waals surface area contributed by atoms with E-state index in [0.717, 1.165) is 16.7 Å². The summed E-state index contributed by atoms with van der Waals surface area (Å²) in [4.78, 5) is 16.3. The average molecular weight is 333 g/mol. The molecule has 0 saturated heterocycles. The molecule has 0 spiro atoms. The maximum atomic E-state index is 11.9. The number of nitrogens with zero attached hydrogens (tertiary/aromatic N) is 1. The van der Waals surface area contributed by atoms with Crippen LogP contribution in [-0.4, -0.2) is 10.9 Å². The Labute approximate surface area is 143 Å². The van der Waals surface area contributed by atoms with Gasteiger partial charge in [-0.15, -0.1) is 0 Å². The van der Waals surface area contributed by atoms with Crippen LogP contribution < -0.4 is 10.6 Å². The Bertz CT molecular complexity index is 955. The van der Waals surface area contributed by atoms with Crippen molar-refractivity contribution in [3.8, 4) is 0 Å². The predicted molar refractivity (Wildman–Crippen MR) is 94.4 cm³/mol. The first-order chi connectivity index (χ1) is 12.3. The number of para-hydroxylation sites is 2. The highest BCUT2D eigenvalue weighted by atomic mass is 16.4. The Kier molecular flexibility index (Phi) is 3.92. The van der Waals surface area contributed by atoms with Gasteiger partial charge in [-0.2, -0.15) is 4.98 Å². The number of nitrogens with one attached hydrogen (secondary N) is 2. The van der Waals surface area contributed by atoms with Crippen LogP contribution in [0.25, 0.3) is 11.1 Å². The molecule has 0 saturated carbocycles. The highest BCUT2D eigenvalue weighted by Crippen LogP contribution is 2.19. The molecule has 1 amide bonds. The number of oxazole rings is 1. The van der Waals surface area contributed by atoms with E-state index in [2.05, 4.69) is 15.6 Å². The first kappa shape index (κ1) is 15.0. The molecule has 0 radical (unpaired) electrons. The largest absolute Gasteiger partial charge is 0.459 e. The Morgan fingerprint density at radius 3 is 2.60 bits per heavy atom. The van der Waals surface area contributed by atoms with Gasteiger partial charge in [0.05, 0.1) is 6.26 Å². The molecule has 2 aromatic heterocycles. The van der Waals surface area contributed by atoms with Gasteiger partial charge in [0, 0.05) is 12.2 Å². The summed E-state index contributed by atoms with van der Waals surface area (Å²) in [7, 11) is 0. The lowest BCUT2D eigenvalue weighted by molar-refractivity contribution is 0.0996. The van der Waals surface area contributed by atoms with E-state index < -0.39 is 0 Å². The second-order valence-electron chi connectivity index (χ2n) is 5.47. The van der Waals surface area contributed by atoms with Crippen LogP contribution in [0.4, 0.5) is 11.7 Å². The van der Waals surface area contributed by atoms with Crippen molar-refractivity contribution < 1.29 is 13.6 Å². The molecule has 0 bridgehead atoms. The molecule has 0 aliphatic carbocycles. The van der Waals surface area contributed by atoms with E-state index in [0.29, 0.717) is 18.2 Å². The molecule has 124 valence electrons. The Morgan fingerprint density at radius 2 is 1.84 bits per heavy atom. The molecule has 0 atom stereocenters. The van der Waals surface area contributed by atoms with Crippen molar-refractivity contribution in [1.82, 2.24) is 4.98 Å². The molecule has 2 aromatic carbocycles. The third-order valence-electron chi connectivity index (χ3n) is 3.69. The molecule has 0 unspecified atom stereocenters. The van der Waals surface area contributed by atoms with Crippen LogP contribution in [0.1, 0.15) is 16.1 Å². The van der Waals surface area contributed by atoms with Gasteiger partial charge in [-0.1, -0.05) is 24.3 Å². The lowest BCUT2D eigenvalue weighted by Gasteiger charge is -2.05. The number of anilines is 2. The van der Waals surface area contributed by atoms with Gasteiger partial charge in [-0.05, 0) is 42.0 Å².